The number of ether oxygens (including phenoxy) is 2. The molecular weight excluding hydrogens is 338 g/mol. The van der Waals surface area contributed by atoms with Crippen LogP contribution in [0.5, 0.6) is 11.5 Å². The van der Waals surface area contributed by atoms with Crippen molar-refractivity contribution < 1.29 is 9.47 Å². The first-order chi connectivity index (χ1) is 13.1. The van der Waals surface area contributed by atoms with E-state index in [1.54, 1.807) is 7.11 Å². The number of piperidine rings is 1. The third-order valence-corrected chi connectivity index (χ3v) is 5.95. The summed E-state index contributed by atoms with van der Waals surface area (Å²) in [7, 11) is 1.68. The first-order valence-electron chi connectivity index (χ1n) is 9.97. The summed E-state index contributed by atoms with van der Waals surface area (Å²) in [6.45, 7) is 5.88. The summed E-state index contributed by atoms with van der Waals surface area (Å²) < 4.78 is 11.4. The molecule has 0 unspecified atom stereocenters. The first kappa shape index (κ1) is 18.2. The summed E-state index contributed by atoms with van der Waals surface area (Å²) >= 11 is 0. The van der Waals surface area contributed by atoms with Crippen molar-refractivity contribution in [1.29, 1.82) is 0 Å². The Hall–Kier alpha value is -2.14. The van der Waals surface area contributed by atoms with Crippen molar-refractivity contribution in [2.75, 3.05) is 13.7 Å². The van der Waals surface area contributed by atoms with Gasteiger partial charge in [0, 0.05) is 48.6 Å². The van der Waals surface area contributed by atoms with Crippen molar-refractivity contribution >= 4 is 0 Å². The molecule has 1 saturated carbocycles. The molecule has 3 atom stereocenters. The van der Waals surface area contributed by atoms with Crippen LogP contribution in [0.3, 0.4) is 0 Å². The van der Waals surface area contributed by atoms with Gasteiger partial charge in [-0.15, -0.1) is 0 Å². The molecule has 0 spiro atoms. The molecule has 2 fully saturated rings. The van der Waals surface area contributed by atoms with Crippen LogP contribution < -0.4 is 9.47 Å². The zero-order valence-corrected chi connectivity index (χ0v) is 16.5. The molecule has 1 aliphatic carbocycles. The van der Waals surface area contributed by atoms with E-state index in [1.165, 1.54) is 24.8 Å². The van der Waals surface area contributed by atoms with Gasteiger partial charge in [-0.2, -0.15) is 0 Å². The lowest BCUT2D eigenvalue weighted by Gasteiger charge is -2.35. The largest absolute Gasteiger partial charge is 0.497 e. The summed E-state index contributed by atoms with van der Waals surface area (Å²) in [4.78, 5) is 11.7. The fourth-order valence-corrected chi connectivity index (χ4v) is 4.49. The number of aromatic nitrogens is 2. The maximum atomic E-state index is 6.15. The van der Waals surface area contributed by atoms with Crippen LogP contribution in [0.25, 0.3) is 0 Å². The van der Waals surface area contributed by atoms with E-state index in [0.29, 0.717) is 18.0 Å². The molecular formula is C22H29N3O2. The van der Waals surface area contributed by atoms with Gasteiger partial charge in [-0.1, -0.05) is 19.9 Å². The molecule has 5 nitrogen and oxygen atoms in total. The van der Waals surface area contributed by atoms with Crippen molar-refractivity contribution in [1.82, 2.24) is 14.9 Å². The second-order valence-electron chi connectivity index (χ2n) is 8.06. The molecule has 2 aliphatic rings. The highest BCUT2D eigenvalue weighted by Crippen LogP contribution is 2.43. The van der Waals surface area contributed by atoms with E-state index < -0.39 is 0 Å². The predicted molar refractivity (Wildman–Crippen MR) is 105 cm³/mol. The summed E-state index contributed by atoms with van der Waals surface area (Å²) in [6, 6.07) is 8.99. The van der Waals surface area contributed by atoms with Crippen LogP contribution in [0.15, 0.2) is 36.7 Å². The van der Waals surface area contributed by atoms with E-state index >= 15 is 0 Å². The lowest BCUT2D eigenvalue weighted by atomic mass is 9.99. The Balaban J connectivity index is 1.43. The van der Waals surface area contributed by atoms with Crippen molar-refractivity contribution in [3.63, 3.8) is 0 Å². The van der Waals surface area contributed by atoms with Gasteiger partial charge in [0.15, 0.2) is 0 Å². The van der Waals surface area contributed by atoms with E-state index in [2.05, 4.69) is 28.7 Å². The molecule has 27 heavy (non-hydrogen) atoms. The minimum absolute atomic E-state index is 0.367. The van der Waals surface area contributed by atoms with Crippen molar-refractivity contribution in [2.45, 2.75) is 57.7 Å². The average molecular weight is 367 g/mol. The number of fused-ring (bicyclic) bond motifs is 2. The van der Waals surface area contributed by atoms with Gasteiger partial charge >= 0.3 is 0 Å². The molecule has 0 radical (unpaired) electrons. The summed E-state index contributed by atoms with van der Waals surface area (Å²) in [5.74, 6) is 3.73. The molecule has 0 N–H and O–H groups in total. The number of benzene rings is 1. The third kappa shape index (κ3) is 3.93. The Morgan fingerprint density at radius 3 is 2.67 bits per heavy atom. The second-order valence-corrected chi connectivity index (χ2v) is 8.06. The molecule has 1 aromatic heterocycles. The summed E-state index contributed by atoms with van der Waals surface area (Å²) in [6.07, 6.45) is 7.89. The Morgan fingerprint density at radius 2 is 1.93 bits per heavy atom. The van der Waals surface area contributed by atoms with Crippen molar-refractivity contribution in [3.05, 3.63) is 48.0 Å². The molecule has 2 bridgehead atoms. The smallest absolute Gasteiger partial charge is 0.130 e. The Kier molecular flexibility index (Phi) is 5.30. The fourth-order valence-electron chi connectivity index (χ4n) is 4.49. The number of rotatable bonds is 7. The number of hydrogen-bond donors (Lipinski definition) is 0. The van der Waals surface area contributed by atoms with Gasteiger partial charge in [0.2, 0.25) is 0 Å². The maximum absolute atomic E-state index is 6.15. The zero-order valence-electron chi connectivity index (χ0n) is 16.5. The number of nitrogens with zero attached hydrogens (tertiary/aromatic N) is 3. The van der Waals surface area contributed by atoms with E-state index in [1.807, 2.05) is 36.7 Å². The standard InChI is InChI=1S/C22H29N3O2/c1-15(2)22-23-11-16(12-24-22)13-25-18-8-7-17(9-18)21(25)14-27-20-6-4-5-19(10-20)26-3/h4-6,10-12,15,17-18,21H,7-9,13-14H2,1-3H3/t17-,18+,21-/m0/s1. The van der Waals surface area contributed by atoms with Crippen LogP contribution in [0.1, 0.15) is 50.4 Å². The Morgan fingerprint density at radius 1 is 1.15 bits per heavy atom. The Labute approximate surface area is 161 Å². The van der Waals surface area contributed by atoms with Gasteiger partial charge in [0.05, 0.1) is 7.11 Å². The van der Waals surface area contributed by atoms with Crippen molar-refractivity contribution in [2.24, 2.45) is 5.92 Å². The fraction of sp³-hybridized carbons (Fsp3) is 0.545. The minimum Gasteiger partial charge on any atom is -0.497 e. The minimum atomic E-state index is 0.367. The number of hydrogen-bond acceptors (Lipinski definition) is 5. The van der Waals surface area contributed by atoms with E-state index in [-0.39, 0.29) is 0 Å². The number of methoxy groups -OCH3 is 1. The molecule has 144 valence electrons. The molecule has 5 heteroatoms. The van der Waals surface area contributed by atoms with Crippen LogP contribution in [0.4, 0.5) is 0 Å². The van der Waals surface area contributed by atoms with E-state index in [0.717, 1.165) is 36.4 Å². The van der Waals surface area contributed by atoms with E-state index in [4.69, 9.17) is 9.47 Å². The molecule has 2 heterocycles. The Bertz CT molecular complexity index is 762. The number of likely N-dealkylation sites (tertiary alicyclic amines) is 1. The first-order valence-corrected chi connectivity index (χ1v) is 9.97. The molecule has 4 rings (SSSR count). The van der Waals surface area contributed by atoms with Gasteiger partial charge in [-0.05, 0) is 37.3 Å². The summed E-state index contributed by atoms with van der Waals surface area (Å²) in [5, 5.41) is 0. The SMILES string of the molecule is COc1cccc(OC[C@H]2[C@H]3CC[C@H](C3)N2Cc2cnc(C(C)C)nc2)c1. The van der Waals surface area contributed by atoms with Crippen LogP contribution in [-0.4, -0.2) is 40.7 Å². The lowest BCUT2D eigenvalue weighted by molar-refractivity contribution is 0.0864. The molecule has 1 aliphatic heterocycles. The zero-order chi connectivity index (χ0) is 18.8. The van der Waals surface area contributed by atoms with Crippen LogP contribution in [0.2, 0.25) is 0 Å². The van der Waals surface area contributed by atoms with Gasteiger partial charge < -0.3 is 9.47 Å². The monoisotopic (exact) mass is 367 g/mol. The van der Waals surface area contributed by atoms with Gasteiger partial charge in [-0.25, -0.2) is 9.97 Å². The van der Waals surface area contributed by atoms with Crippen molar-refractivity contribution in [3.8, 4) is 11.5 Å². The van der Waals surface area contributed by atoms with Gasteiger partial charge in [0.1, 0.15) is 23.9 Å². The average Bonchev–Trinajstić information content (AvgIpc) is 3.29. The van der Waals surface area contributed by atoms with Gasteiger partial charge in [-0.3, -0.25) is 4.90 Å². The topological polar surface area (TPSA) is 47.5 Å². The quantitative estimate of drug-likeness (QED) is 0.739. The van der Waals surface area contributed by atoms with Gasteiger partial charge in [0.25, 0.3) is 0 Å². The van der Waals surface area contributed by atoms with E-state index in [9.17, 15) is 0 Å². The highest BCUT2D eigenvalue weighted by Gasteiger charge is 2.45. The van der Waals surface area contributed by atoms with Crippen LogP contribution in [0, 0.1) is 5.92 Å². The molecule has 0 amide bonds. The normalized spacial score (nSPS) is 24.5. The predicted octanol–water partition coefficient (Wildman–Crippen LogP) is 4.04. The molecule has 1 aromatic carbocycles. The third-order valence-electron chi connectivity index (χ3n) is 5.95. The van der Waals surface area contributed by atoms with Crippen LogP contribution >= 0.6 is 0 Å². The molecule has 1 saturated heterocycles. The van der Waals surface area contributed by atoms with Crippen LogP contribution in [-0.2, 0) is 6.54 Å². The maximum Gasteiger partial charge on any atom is 0.130 e. The highest BCUT2D eigenvalue weighted by molar-refractivity contribution is 5.32. The molecule has 2 aromatic rings. The highest BCUT2D eigenvalue weighted by atomic mass is 16.5. The second kappa shape index (κ2) is 7.85. The lowest BCUT2D eigenvalue weighted by Crippen LogP contribution is -2.43. The summed E-state index contributed by atoms with van der Waals surface area (Å²) in [5.41, 5.74) is 1.19.